The minimum atomic E-state index is -0.250. The van der Waals surface area contributed by atoms with E-state index in [2.05, 4.69) is 4.74 Å². The minimum Gasteiger partial charge on any atom is -0.466 e. The molecule has 62 valence electrons. The summed E-state index contributed by atoms with van der Waals surface area (Å²) < 4.78 is 4.56. The summed E-state index contributed by atoms with van der Waals surface area (Å²) >= 11 is 5.87. The first-order valence-corrected chi connectivity index (χ1v) is 4.02. The highest BCUT2D eigenvalue weighted by atomic mass is 35.5. The summed E-state index contributed by atoms with van der Waals surface area (Å²) in [4.78, 5) is 11.0. The molecule has 0 aromatic heterocycles. The maximum atomic E-state index is 11.0. The van der Waals surface area contributed by atoms with Crippen molar-refractivity contribution in [2.45, 2.75) is 18.7 Å². The molecule has 0 saturated carbocycles. The molecule has 2 atom stereocenters. The zero-order valence-electron chi connectivity index (χ0n) is 6.63. The van der Waals surface area contributed by atoms with Crippen LogP contribution < -0.4 is 0 Å². The third-order valence-electron chi connectivity index (χ3n) is 1.89. The number of rotatable bonds is 1. The maximum absolute atomic E-state index is 11.0. The van der Waals surface area contributed by atoms with E-state index in [0.717, 1.165) is 6.42 Å². The molecule has 0 fully saturated rings. The first-order chi connectivity index (χ1) is 5.15. The maximum Gasteiger partial charge on any atom is 0.333 e. The van der Waals surface area contributed by atoms with Crippen LogP contribution in [0.3, 0.4) is 0 Å². The van der Waals surface area contributed by atoms with Crippen molar-refractivity contribution in [2.24, 2.45) is 5.92 Å². The number of hydrogen-bond donors (Lipinski definition) is 0. The second kappa shape index (κ2) is 3.26. The second-order valence-electron chi connectivity index (χ2n) is 2.81. The van der Waals surface area contributed by atoms with Crippen LogP contribution in [0.1, 0.15) is 13.3 Å². The van der Waals surface area contributed by atoms with Gasteiger partial charge in [-0.25, -0.2) is 4.79 Å². The number of esters is 1. The summed E-state index contributed by atoms with van der Waals surface area (Å²) in [7, 11) is 1.38. The average molecular weight is 175 g/mol. The molecule has 2 nitrogen and oxygen atoms in total. The third kappa shape index (κ3) is 1.74. The summed E-state index contributed by atoms with van der Waals surface area (Å²) in [5.74, 6) is 0.103. The van der Waals surface area contributed by atoms with Crippen LogP contribution in [0.15, 0.2) is 11.6 Å². The van der Waals surface area contributed by atoms with Gasteiger partial charge in [0.05, 0.1) is 12.5 Å². The molecule has 0 spiro atoms. The molecule has 0 aromatic carbocycles. The van der Waals surface area contributed by atoms with Crippen LogP contribution in [0.2, 0.25) is 0 Å². The van der Waals surface area contributed by atoms with Gasteiger partial charge in [-0.2, -0.15) is 0 Å². The summed E-state index contributed by atoms with van der Waals surface area (Å²) in [6.07, 6.45) is 2.51. The zero-order valence-corrected chi connectivity index (χ0v) is 7.39. The van der Waals surface area contributed by atoms with Gasteiger partial charge >= 0.3 is 5.97 Å². The minimum absolute atomic E-state index is 0.0101. The molecule has 0 amide bonds. The van der Waals surface area contributed by atoms with Crippen molar-refractivity contribution in [3.63, 3.8) is 0 Å². The van der Waals surface area contributed by atoms with Gasteiger partial charge in [-0.1, -0.05) is 13.0 Å². The van der Waals surface area contributed by atoms with Crippen molar-refractivity contribution in [3.8, 4) is 0 Å². The highest BCUT2D eigenvalue weighted by Crippen LogP contribution is 2.29. The Kier molecular flexibility index (Phi) is 2.55. The fourth-order valence-electron chi connectivity index (χ4n) is 1.17. The van der Waals surface area contributed by atoms with E-state index in [1.165, 1.54) is 7.11 Å². The molecule has 3 heteroatoms. The second-order valence-corrected chi connectivity index (χ2v) is 3.31. The fraction of sp³-hybridized carbons (Fsp3) is 0.625. The quantitative estimate of drug-likeness (QED) is 0.447. The van der Waals surface area contributed by atoms with Gasteiger partial charge in [-0.3, -0.25) is 0 Å². The lowest BCUT2D eigenvalue weighted by Gasteiger charge is -2.03. The van der Waals surface area contributed by atoms with Gasteiger partial charge in [0, 0.05) is 5.57 Å². The van der Waals surface area contributed by atoms with Gasteiger partial charge < -0.3 is 4.74 Å². The van der Waals surface area contributed by atoms with Crippen LogP contribution in [0.5, 0.6) is 0 Å². The monoisotopic (exact) mass is 174 g/mol. The van der Waals surface area contributed by atoms with Crippen molar-refractivity contribution in [3.05, 3.63) is 11.6 Å². The Hall–Kier alpha value is -0.500. The molecule has 1 aliphatic rings. The van der Waals surface area contributed by atoms with E-state index < -0.39 is 0 Å². The van der Waals surface area contributed by atoms with Crippen molar-refractivity contribution in [1.82, 2.24) is 0 Å². The van der Waals surface area contributed by atoms with E-state index in [9.17, 15) is 4.79 Å². The number of hydrogen-bond acceptors (Lipinski definition) is 2. The molecule has 11 heavy (non-hydrogen) atoms. The Morgan fingerprint density at radius 2 is 2.45 bits per heavy atom. The first-order valence-electron chi connectivity index (χ1n) is 3.58. The Morgan fingerprint density at radius 1 is 1.82 bits per heavy atom. The molecular weight excluding hydrogens is 164 g/mol. The molecule has 0 saturated heterocycles. The van der Waals surface area contributed by atoms with Crippen LogP contribution in [0, 0.1) is 5.92 Å². The van der Waals surface area contributed by atoms with Crippen molar-refractivity contribution in [1.29, 1.82) is 0 Å². The molecule has 1 rings (SSSR count). The topological polar surface area (TPSA) is 26.3 Å². The molecule has 0 bridgehead atoms. The van der Waals surface area contributed by atoms with Gasteiger partial charge in [-0.15, -0.1) is 11.6 Å². The van der Waals surface area contributed by atoms with Crippen LogP contribution >= 0.6 is 11.6 Å². The Labute approximate surface area is 71.2 Å². The van der Waals surface area contributed by atoms with E-state index in [4.69, 9.17) is 11.6 Å². The first kappa shape index (κ1) is 8.60. The van der Waals surface area contributed by atoms with Crippen LogP contribution in [-0.2, 0) is 9.53 Å². The number of halogens is 1. The molecular formula is C8H11ClO2. The van der Waals surface area contributed by atoms with Crippen LogP contribution in [0.4, 0.5) is 0 Å². The molecule has 1 aliphatic carbocycles. The number of allylic oxidation sites excluding steroid dienone is 1. The Balaban J connectivity index is 2.63. The summed E-state index contributed by atoms with van der Waals surface area (Å²) in [6.45, 7) is 2.02. The van der Waals surface area contributed by atoms with E-state index in [0.29, 0.717) is 11.5 Å². The van der Waals surface area contributed by atoms with Gasteiger partial charge in [0.2, 0.25) is 0 Å². The average Bonchev–Trinajstić information content (AvgIpc) is 2.31. The largest absolute Gasteiger partial charge is 0.466 e. The molecule has 0 aromatic rings. The lowest BCUT2D eigenvalue weighted by molar-refractivity contribution is -0.136. The Bertz CT molecular complexity index is 198. The van der Waals surface area contributed by atoms with E-state index in [1.807, 2.05) is 6.92 Å². The molecule has 0 heterocycles. The van der Waals surface area contributed by atoms with Gasteiger partial charge in [-0.05, 0) is 12.3 Å². The molecule has 0 aliphatic heterocycles. The number of alkyl halides is 1. The number of ether oxygens (including phenoxy) is 1. The summed E-state index contributed by atoms with van der Waals surface area (Å²) in [6, 6.07) is 0. The normalized spacial score (nSPS) is 29.9. The van der Waals surface area contributed by atoms with E-state index in [-0.39, 0.29) is 11.3 Å². The van der Waals surface area contributed by atoms with Crippen LogP contribution in [0.25, 0.3) is 0 Å². The van der Waals surface area contributed by atoms with Crippen molar-refractivity contribution < 1.29 is 9.53 Å². The Morgan fingerprint density at radius 3 is 2.82 bits per heavy atom. The summed E-state index contributed by atoms with van der Waals surface area (Å²) in [5, 5.41) is -0.0101. The third-order valence-corrected chi connectivity index (χ3v) is 2.45. The van der Waals surface area contributed by atoms with Gasteiger partial charge in [0.1, 0.15) is 0 Å². The SMILES string of the molecule is COC(=O)C1=C[C@@H](Cl)[C@@H](C)C1. The lowest BCUT2D eigenvalue weighted by atomic mass is 10.1. The van der Waals surface area contributed by atoms with Crippen molar-refractivity contribution >= 4 is 17.6 Å². The van der Waals surface area contributed by atoms with E-state index in [1.54, 1.807) is 6.08 Å². The fourth-order valence-corrected chi connectivity index (χ4v) is 1.41. The highest BCUT2D eigenvalue weighted by Gasteiger charge is 2.25. The zero-order chi connectivity index (χ0) is 8.43. The number of carbonyl (C=O) groups excluding carboxylic acids is 1. The predicted octanol–water partition coefficient (Wildman–Crippen LogP) is 1.73. The van der Waals surface area contributed by atoms with Gasteiger partial charge in [0.15, 0.2) is 0 Å². The number of methoxy groups -OCH3 is 1. The smallest absolute Gasteiger partial charge is 0.333 e. The lowest BCUT2D eigenvalue weighted by Crippen LogP contribution is -2.04. The standard InChI is InChI=1S/C8H11ClO2/c1-5-3-6(4-7(5)9)8(10)11-2/h4-5,7H,3H2,1-2H3/t5-,7+/m0/s1. The van der Waals surface area contributed by atoms with E-state index >= 15 is 0 Å². The molecule has 0 radical (unpaired) electrons. The predicted molar refractivity (Wildman–Crippen MR) is 43.5 cm³/mol. The highest BCUT2D eigenvalue weighted by molar-refractivity contribution is 6.22. The molecule has 0 N–H and O–H groups in total. The summed E-state index contributed by atoms with van der Waals surface area (Å²) in [5.41, 5.74) is 0.708. The number of carbonyl (C=O) groups is 1. The van der Waals surface area contributed by atoms with Crippen molar-refractivity contribution in [2.75, 3.05) is 7.11 Å². The molecule has 0 unspecified atom stereocenters. The van der Waals surface area contributed by atoms with Crippen LogP contribution in [-0.4, -0.2) is 18.5 Å². The van der Waals surface area contributed by atoms with Gasteiger partial charge in [0.25, 0.3) is 0 Å².